The number of alkyl halides is 3. The summed E-state index contributed by atoms with van der Waals surface area (Å²) < 4.78 is 44.2. The molecule has 0 spiro atoms. The van der Waals surface area contributed by atoms with E-state index < -0.39 is 17.5 Å². The van der Waals surface area contributed by atoms with Gasteiger partial charge in [0.1, 0.15) is 0 Å². The summed E-state index contributed by atoms with van der Waals surface area (Å²) in [6.45, 7) is 0.695. The summed E-state index contributed by atoms with van der Waals surface area (Å²) >= 11 is 0. The number of hydrogen-bond donors (Lipinski definition) is 1. The zero-order chi connectivity index (χ0) is 20.1. The molecule has 1 heterocycles. The minimum Gasteiger partial charge on any atom is -0.408 e. The summed E-state index contributed by atoms with van der Waals surface area (Å²) in [6.07, 6.45) is -3.21. The van der Waals surface area contributed by atoms with Gasteiger partial charge in [0.15, 0.2) is 5.58 Å². The van der Waals surface area contributed by atoms with Crippen LogP contribution < -0.4 is 11.1 Å². The van der Waals surface area contributed by atoms with Crippen LogP contribution in [0, 0.1) is 0 Å². The lowest BCUT2D eigenvalue weighted by molar-refractivity contribution is -0.137. The van der Waals surface area contributed by atoms with E-state index in [0.29, 0.717) is 42.6 Å². The van der Waals surface area contributed by atoms with Crippen molar-refractivity contribution in [3.8, 4) is 0 Å². The summed E-state index contributed by atoms with van der Waals surface area (Å²) in [5.74, 6) is -0.628. The summed E-state index contributed by atoms with van der Waals surface area (Å²) in [7, 11) is 0. The van der Waals surface area contributed by atoms with Gasteiger partial charge in [-0.05, 0) is 42.7 Å². The average molecular weight is 392 g/mol. The fourth-order valence-electron chi connectivity index (χ4n) is 2.92. The number of hydrogen-bond acceptors (Lipinski definition) is 3. The van der Waals surface area contributed by atoms with Crippen molar-refractivity contribution in [3.63, 3.8) is 0 Å². The molecule has 0 aliphatic carbocycles. The van der Waals surface area contributed by atoms with Crippen LogP contribution in [0.5, 0.6) is 0 Å². The normalized spacial score (nSPS) is 11.7. The van der Waals surface area contributed by atoms with Crippen molar-refractivity contribution >= 4 is 17.0 Å². The van der Waals surface area contributed by atoms with Gasteiger partial charge >= 0.3 is 11.9 Å². The first-order valence-electron chi connectivity index (χ1n) is 8.86. The predicted octanol–water partition coefficient (Wildman–Crippen LogP) is 3.75. The lowest BCUT2D eigenvalue weighted by atomic mass is 10.1. The van der Waals surface area contributed by atoms with E-state index in [1.165, 1.54) is 16.7 Å². The summed E-state index contributed by atoms with van der Waals surface area (Å²) in [5.41, 5.74) is 1.22. The first-order valence-corrected chi connectivity index (χ1v) is 8.86. The fourth-order valence-corrected chi connectivity index (χ4v) is 2.92. The number of rotatable bonds is 7. The minimum atomic E-state index is -4.35. The quantitative estimate of drug-likeness (QED) is 0.666. The van der Waals surface area contributed by atoms with Gasteiger partial charge in [-0.3, -0.25) is 9.36 Å². The molecule has 28 heavy (non-hydrogen) atoms. The molecule has 0 aliphatic heterocycles. The molecule has 3 aromatic rings. The number of aryl methyl sites for hydroxylation is 1. The van der Waals surface area contributed by atoms with Gasteiger partial charge in [-0.2, -0.15) is 13.2 Å². The van der Waals surface area contributed by atoms with Gasteiger partial charge in [0.2, 0.25) is 5.91 Å². The topological polar surface area (TPSA) is 64.2 Å². The summed E-state index contributed by atoms with van der Waals surface area (Å²) in [5, 5.41) is 2.74. The molecule has 0 unspecified atom stereocenters. The number of benzene rings is 2. The Hall–Kier alpha value is -3.03. The molecule has 0 radical (unpaired) electrons. The molecule has 1 amide bonds. The van der Waals surface area contributed by atoms with Crippen molar-refractivity contribution in [1.82, 2.24) is 9.88 Å². The number of aromatic nitrogens is 1. The molecule has 3 rings (SSSR count). The summed E-state index contributed by atoms with van der Waals surface area (Å²) in [6, 6.07) is 12.0. The third-order valence-electron chi connectivity index (χ3n) is 4.38. The highest BCUT2D eigenvalue weighted by Gasteiger charge is 2.29. The number of carbonyl (C=O) groups is 1. The summed E-state index contributed by atoms with van der Waals surface area (Å²) in [4.78, 5) is 23.8. The molecule has 148 valence electrons. The van der Waals surface area contributed by atoms with Crippen molar-refractivity contribution in [2.45, 2.75) is 32.0 Å². The molecule has 2 aromatic carbocycles. The molecule has 0 aliphatic rings. The number of halogens is 3. The first-order chi connectivity index (χ1) is 13.3. The van der Waals surface area contributed by atoms with Crippen molar-refractivity contribution in [3.05, 3.63) is 70.2 Å². The van der Waals surface area contributed by atoms with E-state index in [2.05, 4.69) is 5.32 Å². The van der Waals surface area contributed by atoms with Gasteiger partial charge in [-0.25, -0.2) is 4.79 Å². The lowest BCUT2D eigenvalue weighted by Gasteiger charge is -2.08. The van der Waals surface area contributed by atoms with Crippen LogP contribution >= 0.6 is 0 Å². The maximum atomic E-state index is 12.5. The number of fused-ring (bicyclic) bond motifs is 1. The van der Waals surface area contributed by atoms with Gasteiger partial charge in [0, 0.05) is 19.5 Å². The molecule has 1 N–H and O–H groups in total. The second-order valence-corrected chi connectivity index (χ2v) is 6.39. The standard InChI is InChI=1S/C20H19F3N2O3/c21-20(22,23)15-9-7-14(8-10-15)11-12-24-18(26)6-3-13-25-16-4-1-2-5-17(16)28-19(25)27/h1-2,4-5,7-10H,3,6,11-13H2,(H,24,26). The lowest BCUT2D eigenvalue weighted by Crippen LogP contribution is -2.26. The predicted molar refractivity (Wildman–Crippen MR) is 97.9 cm³/mol. The Morgan fingerprint density at radius 1 is 1.07 bits per heavy atom. The van der Waals surface area contributed by atoms with Crippen LogP contribution in [0.15, 0.2) is 57.7 Å². The second kappa shape index (κ2) is 8.33. The van der Waals surface area contributed by atoms with E-state index in [9.17, 15) is 22.8 Å². The van der Waals surface area contributed by atoms with Gasteiger partial charge in [0.05, 0.1) is 11.1 Å². The van der Waals surface area contributed by atoms with E-state index in [0.717, 1.165) is 12.1 Å². The second-order valence-electron chi connectivity index (χ2n) is 6.39. The van der Waals surface area contributed by atoms with Gasteiger partial charge in [0.25, 0.3) is 0 Å². The highest BCUT2D eigenvalue weighted by Crippen LogP contribution is 2.29. The third-order valence-corrected chi connectivity index (χ3v) is 4.38. The molecular weight excluding hydrogens is 373 g/mol. The van der Waals surface area contributed by atoms with Gasteiger partial charge < -0.3 is 9.73 Å². The number of oxazole rings is 1. The van der Waals surface area contributed by atoms with Crippen LogP contribution in [0.1, 0.15) is 24.0 Å². The van der Waals surface area contributed by atoms with Crippen LogP contribution in [-0.2, 0) is 23.9 Å². The molecule has 0 atom stereocenters. The van der Waals surface area contributed by atoms with Crippen molar-refractivity contribution in [2.75, 3.05) is 6.54 Å². The highest BCUT2D eigenvalue weighted by molar-refractivity contribution is 5.76. The maximum absolute atomic E-state index is 12.5. The van der Waals surface area contributed by atoms with E-state index in [-0.39, 0.29) is 12.3 Å². The van der Waals surface area contributed by atoms with E-state index in [4.69, 9.17) is 4.42 Å². The molecule has 5 nitrogen and oxygen atoms in total. The Morgan fingerprint density at radius 2 is 1.79 bits per heavy atom. The maximum Gasteiger partial charge on any atom is 0.419 e. The SMILES string of the molecule is O=C(CCCn1c(=O)oc2ccccc21)NCCc1ccc(C(F)(F)F)cc1. The van der Waals surface area contributed by atoms with E-state index in [1.54, 1.807) is 18.2 Å². The first kappa shape index (κ1) is 19.7. The Kier molecular flexibility index (Phi) is 5.87. The highest BCUT2D eigenvalue weighted by atomic mass is 19.4. The number of amides is 1. The third kappa shape index (κ3) is 4.82. The van der Waals surface area contributed by atoms with Crippen LogP contribution in [0.25, 0.3) is 11.1 Å². The number of nitrogens with zero attached hydrogens (tertiary/aromatic N) is 1. The zero-order valence-electron chi connectivity index (χ0n) is 15.0. The Labute approximate surface area is 158 Å². The van der Waals surface area contributed by atoms with Gasteiger partial charge in [-0.15, -0.1) is 0 Å². The average Bonchev–Trinajstić information content (AvgIpc) is 2.97. The van der Waals surface area contributed by atoms with E-state index >= 15 is 0 Å². The minimum absolute atomic E-state index is 0.173. The molecule has 0 saturated carbocycles. The molecular formula is C20H19F3N2O3. The fraction of sp³-hybridized carbons (Fsp3) is 0.300. The molecule has 0 bridgehead atoms. The largest absolute Gasteiger partial charge is 0.419 e. The number of carbonyl (C=O) groups excluding carboxylic acids is 1. The van der Waals surface area contributed by atoms with Crippen LogP contribution in [0.3, 0.4) is 0 Å². The molecule has 0 saturated heterocycles. The Bertz CT molecular complexity index is 1000. The molecule has 8 heteroatoms. The number of nitrogens with one attached hydrogen (secondary N) is 1. The Balaban J connectivity index is 1.42. The van der Waals surface area contributed by atoms with Crippen molar-refractivity contribution in [2.24, 2.45) is 0 Å². The molecule has 0 fully saturated rings. The zero-order valence-corrected chi connectivity index (χ0v) is 15.0. The van der Waals surface area contributed by atoms with Crippen LogP contribution in [-0.4, -0.2) is 17.0 Å². The van der Waals surface area contributed by atoms with Gasteiger partial charge in [-0.1, -0.05) is 24.3 Å². The smallest absolute Gasteiger partial charge is 0.408 e. The monoisotopic (exact) mass is 392 g/mol. The van der Waals surface area contributed by atoms with Crippen LogP contribution in [0.2, 0.25) is 0 Å². The van der Waals surface area contributed by atoms with Crippen molar-refractivity contribution in [1.29, 1.82) is 0 Å². The van der Waals surface area contributed by atoms with E-state index in [1.807, 2.05) is 6.07 Å². The Morgan fingerprint density at radius 3 is 2.50 bits per heavy atom. The van der Waals surface area contributed by atoms with Crippen LogP contribution in [0.4, 0.5) is 13.2 Å². The number of para-hydroxylation sites is 2. The molecule has 1 aromatic heterocycles. The van der Waals surface area contributed by atoms with Crippen molar-refractivity contribution < 1.29 is 22.4 Å².